The zero-order valence-corrected chi connectivity index (χ0v) is 10.1. The molecule has 3 N–H and O–H groups in total. The van der Waals surface area contributed by atoms with Crippen LogP contribution in [0.3, 0.4) is 0 Å². The van der Waals surface area contributed by atoms with E-state index in [0.29, 0.717) is 15.9 Å². The molecule has 17 heavy (non-hydrogen) atoms. The topological polar surface area (TPSA) is 68.3 Å². The summed E-state index contributed by atoms with van der Waals surface area (Å²) in [5.41, 5.74) is 6.14. The van der Waals surface area contributed by atoms with Crippen molar-refractivity contribution in [3.05, 3.63) is 46.6 Å². The highest BCUT2D eigenvalue weighted by Gasteiger charge is 2.13. The monoisotopic (exact) mass is 298 g/mol. The maximum absolute atomic E-state index is 12.9. The first kappa shape index (κ1) is 11.7. The summed E-state index contributed by atoms with van der Waals surface area (Å²) in [4.78, 5) is 11.8. The number of nitrogens with one attached hydrogen (secondary N) is 1. The molecular formula is C11H8BrFN2O2. The lowest BCUT2D eigenvalue weighted by Gasteiger charge is -2.05. The fourth-order valence-corrected chi connectivity index (χ4v) is 1.70. The molecule has 0 radical (unpaired) electrons. The smallest absolute Gasteiger partial charge is 0.260 e. The zero-order valence-electron chi connectivity index (χ0n) is 8.54. The molecule has 0 spiro atoms. The second-order valence-electron chi connectivity index (χ2n) is 3.30. The molecule has 6 heteroatoms. The van der Waals surface area contributed by atoms with Crippen molar-refractivity contribution in [3.8, 4) is 0 Å². The summed E-state index contributed by atoms with van der Waals surface area (Å²) in [7, 11) is 0. The minimum Gasteiger partial charge on any atom is -0.457 e. The van der Waals surface area contributed by atoms with Gasteiger partial charge in [-0.2, -0.15) is 0 Å². The first-order chi connectivity index (χ1) is 8.08. The van der Waals surface area contributed by atoms with Gasteiger partial charge in [0.2, 0.25) is 0 Å². The van der Waals surface area contributed by atoms with Gasteiger partial charge in [0.25, 0.3) is 5.91 Å². The number of amides is 1. The standard InChI is InChI=1S/C11H8BrFN2O2/c12-10-7(3-4-17-10)11(16)15-6-1-2-8(13)9(14)5-6/h1-5H,14H2,(H,15,16). The van der Waals surface area contributed by atoms with Crippen LogP contribution in [-0.2, 0) is 0 Å². The number of hydrogen-bond donors (Lipinski definition) is 2. The molecule has 0 aliphatic carbocycles. The SMILES string of the molecule is Nc1cc(NC(=O)c2ccoc2Br)ccc1F. The van der Waals surface area contributed by atoms with E-state index in [1.807, 2.05) is 0 Å². The van der Waals surface area contributed by atoms with Crippen molar-refractivity contribution in [2.24, 2.45) is 0 Å². The van der Waals surface area contributed by atoms with Crippen LogP contribution in [0.2, 0.25) is 0 Å². The van der Waals surface area contributed by atoms with E-state index in [-0.39, 0.29) is 11.6 Å². The van der Waals surface area contributed by atoms with Gasteiger partial charge < -0.3 is 15.5 Å². The summed E-state index contributed by atoms with van der Waals surface area (Å²) in [5.74, 6) is -0.885. The predicted octanol–water partition coefficient (Wildman–Crippen LogP) is 3.02. The average Bonchev–Trinajstić information content (AvgIpc) is 2.70. The lowest BCUT2D eigenvalue weighted by atomic mass is 10.2. The normalized spacial score (nSPS) is 10.2. The van der Waals surface area contributed by atoms with Crippen LogP contribution >= 0.6 is 15.9 Å². The fourth-order valence-electron chi connectivity index (χ4n) is 1.28. The first-order valence-corrected chi connectivity index (χ1v) is 5.46. The van der Waals surface area contributed by atoms with Gasteiger partial charge in [0.15, 0.2) is 4.67 Å². The molecule has 0 unspecified atom stereocenters. The zero-order chi connectivity index (χ0) is 12.4. The number of rotatable bonds is 2. The predicted molar refractivity (Wildman–Crippen MR) is 65.2 cm³/mol. The number of carbonyl (C=O) groups is 1. The van der Waals surface area contributed by atoms with Crippen LogP contribution in [0.5, 0.6) is 0 Å². The number of hydrogen-bond acceptors (Lipinski definition) is 3. The Balaban J connectivity index is 2.19. The summed E-state index contributed by atoms with van der Waals surface area (Å²) in [5, 5.41) is 2.58. The van der Waals surface area contributed by atoms with Gasteiger partial charge in [-0.1, -0.05) is 0 Å². The molecule has 1 heterocycles. The van der Waals surface area contributed by atoms with E-state index in [0.717, 1.165) is 0 Å². The number of nitrogens with two attached hydrogens (primary N) is 1. The third-order valence-corrected chi connectivity index (χ3v) is 2.73. The van der Waals surface area contributed by atoms with Crippen molar-refractivity contribution in [2.75, 3.05) is 11.1 Å². The van der Waals surface area contributed by atoms with Crippen molar-refractivity contribution >= 4 is 33.2 Å². The summed E-state index contributed by atoms with van der Waals surface area (Å²) < 4.78 is 18.2. The van der Waals surface area contributed by atoms with Crippen molar-refractivity contribution in [3.63, 3.8) is 0 Å². The van der Waals surface area contributed by atoms with Crippen molar-refractivity contribution in [1.29, 1.82) is 0 Å². The van der Waals surface area contributed by atoms with Crippen molar-refractivity contribution in [2.45, 2.75) is 0 Å². The van der Waals surface area contributed by atoms with E-state index in [1.165, 1.54) is 30.5 Å². The lowest BCUT2D eigenvalue weighted by molar-refractivity contribution is 0.102. The molecule has 0 saturated carbocycles. The van der Waals surface area contributed by atoms with E-state index in [1.54, 1.807) is 0 Å². The highest BCUT2D eigenvalue weighted by molar-refractivity contribution is 9.10. The molecule has 0 bridgehead atoms. The number of nitrogen functional groups attached to an aromatic ring is 1. The minimum atomic E-state index is -0.521. The molecule has 0 atom stereocenters. The molecular weight excluding hydrogens is 291 g/mol. The third kappa shape index (κ3) is 2.47. The average molecular weight is 299 g/mol. The molecule has 1 amide bonds. The highest BCUT2D eigenvalue weighted by Crippen LogP contribution is 2.21. The van der Waals surface area contributed by atoms with E-state index < -0.39 is 5.82 Å². The number of carbonyl (C=O) groups excluding carboxylic acids is 1. The van der Waals surface area contributed by atoms with Crippen LogP contribution in [0.1, 0.15) is 10.4 Å². The molecule has 0 saturated heterocycles. The Hall–Kier alpha value is -1.82. The van der Waals surface area contributed by atoms with Crippen LogP contribution in [0.25, 0.3) is 0 Å². The van der Waals surface area contributed by atoms with Gasteiger partial charge in [-0.15, -0.1) is 0 Å². The minimum absolute atomic E-state index is 0.0194. The molecule has 1 aromatic heterocycles. The highest BCUT2D eigenvalue weighted by atomic mass is 79.9. The van der Waals surface area contributed by atoms with Crippen molar-refractivity contribution < 1.29 is 13.6 Å². The Morgan fingerprint density at radius 3 is 2.76 bits per heavy atom. The quantitative estimate of drug-likeness (QED) is 0.838. The van der Waals surface area contributed by atoms with Crippen molar-refractivity contribution in [1.82, 2.24) is 0 Å². The first-order valence-electron chi connectivity index (χ1n) is 4.67. The van der Waals surface area contributed by atoms with Gasteiger partial charge >= 0.3 is 0 Å². The maximum atomic E-state index is 12.9. The molecule has 88 valence electrons. The number of benzene rings is 1. The molecule has 0 fully saturated rings. The lowest BCUT2D eigenvalue weighted by Crippen LogP contribution is -2.11. The van der Waals surface area contributed by atoms with Gasteiger partial charge in [0.05, 0.1) is 17.5 Å². The van der Waals surface area contributed by atoms with Crippen LogP contribution in [0.4, 0.5) is 15.8 Å². The Kier molecular flexibility index (Phi) is 3.14. The fraction of sp³-hybridized carbons (Fsp3) is 0. The Bertz CT molecular complexity index is 568. The third-order valence-electron chi connectivity index (χ3n) is 2.12. The van der Waals surface area contributed by atoms with Gasteiger partial charge in [0, 0.05) is 5.69 Å². The molecule has 2 aromatic rings. The summed E-state index contributed by atoms with van der Waals surface area (Å²) in [6.07, 6.45) is 1.39. The van der Waals surface area contributed by atoms with Gasteiger partial charge in [0.1, 0.15) is 5.82 Å². The number of anilines is 2. The van der Waals surface area contributed by atoms with Gasteiger partial charge in [-0.25, -0.2) is 4.39 Å². The summed E-state index contributed by atoms with van der Waals surface area (Å²) in [6.45, 7) is 0. The molecule has 0 aliphatic heterocycles. The van der Waals surface area contributed by atoms with E-state index in [4.69, 9.17) is 10.2 Å². The van der Waals surface area contributed by atoms with E-state index >= 15 is 0 Å². The molecule has 0 aliphatic rings. The van der Waals surface area contributed by atoms with Crippen LogP contribution in [-0.4, -0.2) is 5.91 Å². The summed E-state index contributed by atoms with van der Waals surface area (Å²) >= 11 is 3.09. The van der Waals surface area contributed by atoms with E-state index in [2.05, 4.69) is 21.2 Å². The van der Waals surface area contributed by atoms with Crippen LogP contribution in [0.15, 0.2) is 39.6 Å². The van der Waals surface area contributed by atoms with Gasteiger partial charge in [-0.05, 0) is 40.2 Å². The Morgan fingerprint density at radius 1 is 1.41 bits per heavy atom. The molecule has 4 nitrogen and oxygen atoms in total. The molecule has 1 aromatic carbocycles. The van der Waals surface area contributed by atoms with Crippen LogP contribution < -0.4 is 11.1 Å². The summed E-state index contributed by atoms with van der Waals surface area (Å²) in [6, 6.07) is 5.49. The van der Waals surface area contributed by atoms with E-state index in [9.17, 15) is 9.18 Å². The Labute approximate surface area is 105 Å². The molecule has 2 rings (SSSR count). The number of furan rings is 1. The number of halogens is 2. The largest absolute Gasteiger partial charge is 0.457 e. The second kappa shape index (κ2) is 4.58. The maximum Gasteiger partial charge on any atom is 0.260 e. The van der Waals surface area contributed by atoms with Crippen LogP contribution in [0, 0.1) is 5.82 Å². The second-order valence-corrected chi connectivity index (χ2v) is 4.02. The Morgan fingerprint density at radius 2 is 2.18 bits per heavy atom. The van der Waals surface area contributed by atoms with Gasteiger partial charge in [-0.3, -0.25) is 4.79 Å².